The lowest BCUT2D eigenvalue weighted by atomic mass is 10.0. The number of nitrogens with zero attached hydrogens (tertiary/aromatic N) is 1. The van der Waals surface area contributed by atoms with Crippen LogP contribution in [0.2, 0.25) is 5.02 Å². The maximum Gasteiger partial charge on any atom is 0.241 e. The van der Waals surface area contributed by atoms with Gasteiger partial charge < -0.3 is 4.90 Å². The molecule has 21 heavy (non-hydrogen) atoms. The van der Waals surface area contributed by atoms with Gasteiger partial charge in [0.2, 0.25) is 5.91 Å². The van der Waals surface area contributed by atoms with Crippen molar-refractivity contribution in [2.75, 3.05) is 0 Å². The van der Waals surface area contributed by atoms with E-state index in [-0.39, 0.29) is 30.1 Å². The Hall–Kier alpha value is -1.06. The second-order valence-corrected chi connectivity index (χ2v) is 7.11. The SMILES string of the molecule is CC(C)C1NC(c2cccc(Cl)c2)N(C(C)C2CC2)C1=O. The van der Waals surface area contributed by atoms with Gasteiger partial charge in [0, 0.05) is 11.1 Å². The van der Waals surface area contributed by atoms with Gasteiger partial charge in [-0.2, -0.15) is 0 Å². The number of hydrogen-bond acceptors (Lipinski definition) is 2. The minimum Gasteiger partial charge on any atom is -0.319 e. The van der Waals surface area contributed by atoms with E-state index in [9.17, 15) is 4.79 Å². The maximum atomic E-state index is 12.8. The maximum absolute atomic E-state index is 12.8. The molecule has 3 atom stereocenters. The smallest absolute Gasteiger partial charge is 0.241 e. The molecular formula is C17H23ClN2O. The molecule has 0 spiro atoms. The number of benzene rings is 1. The fourth-order valence-corrected chi connectivity index (χ4v) is 3.46. The topological polar surface area (TPSA) is 32.3 Å². The molecule has 114 valence electrons. The quantitative estimate of drug-likeness (QED) is 0.922. The highest BCUT2D eigenvalue weighted by molar-refractivity contribution is 6.30. The van der Waals surface area contributed by atoms with Crippen LogP contribution in [-0.4, -0.2) is 22.9 Å². The van der Waals surface area contributed by atoms with E-state index in [1.807, 2.05) is 29.2 Å². The predicted molar refractivity (Wildman–Crippen MR) is 85.0 cm³/mol. The summed E-state index contributed by atoms with van der Waals surface area (Å²) >= 11 is 6.13. The number of carbonyl (C=O) groups is 1. The molecule has 1 aromatic rings. The van der Waals surface area contributed by atoms with Gasteiger partial charge in [0.1, 0.15) is 6.17 Å². The Bertz CT molecular complexity index is 541. The zero-order chi connectivity index (χ0) is 15.1. The molecule has 2 aliphatic rings. The van der Waals surface area contributed by atoms with E-state index in [1.54, 1.807) is 0 Å². The molecule has 4 heteroatoms. The largest absolute Gasteiger partial charge is 0.319 e. The number of halogens is 1. The molecule has 1 aromatic carbocycles. The van der Waals surface area contributed by atoms with Crippen LogP contribution in [0.1, 0.15) is 45.3 Å². The minimum absolute atomic E-state index is 0.0563. The molecule has 3 nitrogen and oxygen atoms in total. The number of hydrogen-bond donors (Lipinski definition) is 1. The first-order valence-electron chi connectivity index (χ1n) is 7.82. The second kappa shape index (κ2) is 5.62. The second-order valence-electron chi connectivity index (χ2n) is 6.67. The van der Waals surface area contributed by atoms with Crippen molar-refractivity contribution in [1.29, 1.82) is 0 Å². The molecule has 3 rings (SSSR count). The summed E-state index contributed by atoms with van der Waals surface area (Å²) in [6.45, 7) is 6.36. The third-order valence-electron chi connectivity index (χ3n) is 4.71. The fourth-order valence-electron chi connectivity index (χ4n) is 3.26. The monoisotopic (exact) mass is 306 g/mol. The van der Waals surface area contributed by atoms with Crippen LogP contribution in [0.5, 0.6) is 0 Å². The van der Waals surface area contributed by atoms with Crippen molar-refractivity contribution in [2.24, 2.45) is 11.8 Å². The Morgan fingerprint density at radius 2 is 2.00 bits per heavy atom. The molecule has 0 radical (unpaired) electrons. The predicted octanol–water partition coefficient (Wildman–Crippen LogP) is 3.59. The molecule has 1 N–H and O–H groups in total. The molecular weight excluding hydrogens is 284 g/mol. The number of nitrogens with one attached hydrogen (secondary N) is 1. The van der Waals surface area contributed by atoms with Gasteiger partial charge in [0.05, 0.1) is 6.04 Å². The third-order valence-corrected chi connectivity index (χ3v) is 4.95. The van der Waals surface area contributed by atoms with Crippen LogP contribution < -0.4 is 5.32 Å². The highest BCUT2D eigenvalue weighted by Gasteiger charge is 2.46. The van der Waals surface area contributed by atoms with Crippen molar-refractivity contribution in [3.63, 3.8) is 0 Å². The van der Waals surface area contributed by atoms with E-state index >= 15 is 0 Å². The molecule has 1 heterocycles. The van der Waals surface area contributed by atoms with Gasteiger partial charge >= 0.3 is 0 Å². The van der Waals surface area contributed by atoms with Gasteiger partial charge in [-0.05, 0) is 49.3 Å². The lowest BCUT2D eigenvalue weighted by Crippen LogP contribution is -2.40. The van der Waals surface area contributed by atoms with Crippen molar-refractivity contribution < 1.29 is 4.79 Å². The Morgan fingerprint density at radius 3 is 2.57 bits per heavy atom. The van der Waals surface area contributed by atoms with E-state index in [0.29, 0.717) is 10.9 Å². The summed E-state index contributed by atoms with van der Waals surface area (Å²) in [6, 6.07) is 8.02. The lowest BCUT2D eigenvalue weighted by molar-refractivity contribution is -0.133. The normalized spacial score (nSPS) is 27.5. The highest BCUT2D eigenvalue weighted by atomic mass is 35.5. The average Bonchev–Trinajstić information content (AvgIpc) is 3.21. The summed E-state index contributed by atoms with van der Waals surface area (Å²) in [7, 11) is 0. The molecule has 0 aromatic heterocycles. The molecule has 3 unspecified atom stereocenters. The van der Waals surface area contributed by atoms with E-state index in [4.69, 9.17) is 11.6 Å². The zero-order valence-corrected chi connectivity index (χ0v) is 13.6. The van der Waals surface area contributed by atoms with Crippen LogP contribution in [0.4, 0.5) is 0 Å². The summed E-state index contributed by atoms with van der Waals surface area (Å²) in [5.41, 5.74) is 1.08. The Kier molecular flexibility index (Phi) is 3.98. The summed E-state index contributed by atoms with van der Waals surface area (Å²) < 4.78 is 0. The summed E-state index contributed by atoms with van der Waals surface area (Å²) in [4.78, 5) is 14.9. The molecule has 1 amide bonds. The van der Waals surface area contributed by atoms with Crippen molar-refractivity contribution in [3.8, 4) is 0 Å². The Balaban J connectivity index is 1.93. The van der Waals surface area contributed by atoms with Gasteiger partial charge in [-0.3, -0.25) is 10.1 Å². The molecule has 1 saturated heterocycles. The van der Waals surface area contributed by atoms with Gasteiger partial charge in [0.15, 0.2) is 0 Å². The first-order chi connectivity index (χ1) is 9.99. The van der Waals surface area contributed by atoms with Crippen molar-refractivity contribution >= 4 is 17.5 Å². The van der Waals surface area contributed by atoms with Crippen molar-refractivity contribution in [2.45, 2.75) is 51.9 Å². The van der Waals surface area contributed by atoms with Crippen LogP contribution in [0, 0.1) is 11.8 Å². The van der Waals surface area contributed by atoms with Gasteiger partial charge in [-0.15, -0.1) is 0 Å². The molecule has 1 aliphatic heterocycles. The standard InChI is InChI=1S/C17H23ClN2O/c1-10(2)15-17(21)20(11(3)12-7-8-12)16(19-15)13-5-4-6-14(18)9-13/h4-6,9-12,15-16,19H,7-8H2,1-3H3. The van der Waals surface area contributed by atoms with Crippen LogP contribution in [-0.2, 0) is 4.79 Å². The van der Waals surface area contributed by atoms with Crippen molar-refractivity contribution in [3.05, 3.63) is 34.9 Å². The van der Waals surface area contributed by atoms with Crippen LogP contribution in [0.3, 0.4) is 0 Å². The number of amides is 1. The van der Waals surface area contributed by atoms with E-state index in [2.05, 4.69) is 26.1 Å². The zero-order valence-electron chi connectivity index (χ0n) is 12.8. The fraction of sp³-hybridized carbons (Fsp3) is 0.588. The lowest BCUT2D eigenvalue weighted by Gasteiger charge is -2.31. The molecule has 1 aliphatic carbocycles. The Morgan fingerprint density at radius 1 is 1.29 bits per heavy atom. The van der Waals surface area contributed by atoms with Crippen molar-refractivity contribution in [1.82, 2.24) is 10.2 Å². The first-order valence-corrected chi connectivity index (χ1v) is 8.20. The summed E-state index contributed by atoms with van der Waals surface area (Å²) in [6.07, 6.45) is 2.42. The van der Waals surface area contributed by atoms with Crippen LogP contribution in [0.25, 0.3) is 0 Å². The van der Waals surface area contributed by atoms with E-state index in [0.717, 1.165) is 5.56 Å². The molecule has 0 bridgehead atoms. The average molecular weight is 307 g/mol. The first kappa shape index (κ1) is 14.9. The van der Waals surface area contributed by atoms with E-state index < -0.39 is 0 Å². The molecule has 2 fully saturated rings. The highest BCUT2D eigenvalue weighted by Crippen LogP contribution is 2.40. The Labute approximate surface area is 131 Å². The third kappa shape index (κ3) is 2.82. The van der Waals surface area contributed by atoms with Crippen LogP contribution in [0.15, 0.2) is 24.3 Å². The summed E-state index contributed by atoms with van der Waals surface area (Å²) in [5.74, 6) is 1.17. The van der Waals surface area contributed by atoms with Gasteiger partial charge in [0.25, 0.3) is 0 Å². The minimum atomic E-state index is -0.102. The van der Waals surface area contributed by atoms with Gasteiger partial charge in [-0.25, -0.2) is 0 Å². The van der Waals surface area contributed by atoms with Crippen LogP contribution >= 0.6 is 11.6 Å². The van der Waals surface area contributed by atoms with Gasteiger partial charge in [-0.1, -0.05) is 37.6 Å². The number of rotatable bonds is 4. The molecule has 1 saturated carbocycles. The number of carbonyl (C=O) groups excluding carboxylic acids is 1. The summed E-state index contributed by atoms with van der Waals surface area (Å²) in [5, 5.41) is 4.23. The van der Waals surface area contributed by atoms with E-state index in [1.165, 1.54) is 12.8 Å².